The predicted octanol–water partition coefficient (Wildman–Crippen LogP) is 2.39. The Kier molecular flexibility index (Phi) is 9.95. The molecule has 0 aliphatic carbocycles. The van der Waals surface area contributed by atoms with Crippen LogP contribution in [0, 0.1) is 0 Å². The van der Waals surface area contributed by atoms with Gasteiger partial charge in [-0.25, -0.2) is 4.99 Å². The van der Waals surface area contributed by atoms with E-state index in [0.717, 1.165) is 11.5 Å². The number of nitrogens with zero attached hydrogens (tertiary/aromatic N) is 2. The molecule has 138 valence electrons. The Balaban J connectivity index is 0.00000529. The van der Waals surface area contributed by atoms with E-state index in [1.165, 1.54) is 0 Å². The second-order valence-electron chi connectivity index (χ2n) is 6.72. The van der Waals surface area contributed by atoms with Crippen molar-refractivity contribution < 1.29 is 9.32 Å². The third-order valence-electron chi connectivity index (χ3n) is 2.84. The minimum atomic E-state index is -0.258. The molecule has 3 N–H and O–H groups in total. The Hall–Kier alpha value is -1.32. The van der Waals surface area contributed by atoms with Crippen molar-refractivity contribution in [2.24, 2.45) is 4.99 Å². The molecule has 0 saturated carbocycles. The average molecular weight is 451 g/mol. The molecule has 0 unspecified atom stereocenters. The van der Waals surface area contributed by atoms with Gasteiger partial charge >= 0.3 is 0 Å². The van der Waals surface area contributed by atoms with Gasteiger partial charge in [-0.2, -0.15) is 0 Å². The second kappa shape index (κ2) is 10.5. The van der Waals surface area contributed by atoms with Crippen molar-refractivity contribution in [3.05, 3.63) is 17.5 Å². The smallest absolute Gasteiger partial charge is 0.242 e. The normalized spacial score (nSPS) is 11.9. The number of guanidine groups is 1. The molecule has 1 rings (SSSR count). The van der Waals surface area contributed by atoms with Crippen LogP contribution < -0.4 is 16.0 Å². The number of aliphatic imine (C=N–C) groups is 1. The van der Waals surface area contributed by atoms with Crippen LogP contribution >= 0.6 is 24.0 Å². The average Bonchev–Trinajstić information content (AvgIpc) is 2.89. The highest BCUT2D eigenvalue weighted by atomic mass is 127. The van der Waals surface area contributed by atoms with Crippen molar-refractivity contribution in [1.29, 1.82) is 0 Å². The van der Waals surface area contributed by atoms with E-state index in [4.69, 9.17) is 4.52 Å². The highest BCUT2D eigenvalue weighted by Crippen LogP contribution is 2.13. The van der Waals surface area contributed by atoms with E-state index in [2.05, 4.69) is 39.9 Å². The van der Waals surface area contributed by atoms with Gasteiger partial charge in [-0.1, -0.05) is 19.0 Å². The minimum absolute atomic E-state index is 0. The zero-order valence-corrected chi connectivity index (χ0v) is 17.7. The number of nitrogens with one attached hydrogen (secondary N) is 3. The molecule has 1 aromatic rings. The number of rotatable bonds is 6. The molecule has 1 amide bonds. The standard InChI is InChI=1S/C16H29N5O2.HI/c1-7-17-15(19-10-14(22)20-16(4,5)6)18-9-12-8-13(11(2)3)21-23-12;/h8,11H,7,9-10H2,1-6H3,(H,20,22)(H2,17,18,19);1H. The van der Waals surface area contributed by atoms with E-state index in [1.54, 1.807) is 0 Å². The maximum absolute atomic E-state index is 11.8. The SMILES string of the molecule is CCNC(=NCC(=O)NC(C)(C)C)NCc1cc(C(C)C)no1.I. The number of hydrogen-bond donors (Lipinski definition) is 3. The van der Waals surface area contributed by atoms with Crippen molar-refractivity contribution in [3.8, 4) is 0 Å². The van der Waals surface area contributed by atoms with Gasteiger partial charge in [0.25, 0.3) is 0 Å². The lowest BCUT2D eigenvalue weighted by atomic mass is 10.1. The maximum atomic E-state index is 11.8. The summed E-state index contributed by atoms with van der Waals surface area (Å²) in [6.45, 7) is 13.2. The zero-order valence-electron chi connectivity index (χ0n) is 15.4. The van der Waals surface area contributed by atoms with Gasteiger partial charge in [-0.05, 0) is 33.6 Å². The summed E-state index contributed by atoms with van der Waals surface area (Å²) in [5.74, 6) is 1.52. The highest BCUT2D eigenvalue weighted by Gasteiger charge is 2.13. The van der Waals surface area contributed by atoms with Crippen LogP contribution in [0.5, 0.6) is 0 Å². The van der Waals surface area contributed by atoms with Crippen molar-refractivity contribution in [2.75, 3.05) is 13.1 Å². The predicted molar refractivity (Wildman–Crippen MR) is 107 cm³/mol. The van der Waals surface area contributed by atoms with Crippen molar-refractivity contribution in [1.82, 2.24) is 21.1 Å². The molecule has 0 atom stereocenters. The Morgan fingerprint density at radius 3 is 2.50 bits per heavy atom. The first-order chi connectivity index (χ1) is 10.7. The van der Waals surface area contributed by atoms with Crippen LogP contribution in [0.25, 0.3) is 0 Å². The van der Waals surface area contributed by atoms with Gasteiger partial charge in [0.2, 0.25) is 5.91 Å². The van der Waals surface area contributed by atoms with Crippen molar-refractivity contribution in [2.45, 2.75) is 59.5 Å². The van der Waals surface area contributed by atoms with E-state index in [0.29, 0.717) is 25.0 Å². The first-order valence-corrected chi connectivity index (χ1v) is 8.00. The molecule has 0 aromatic carbocycles. The summed E-state index contributed by atoms with van der Waals surface area (Å²) in [5.41, 5.74) is 0.666. The summed E-state index contributed by atoms with van der Waals surface area (Å²) in [6, 6.07) is 1.92. The molecule has 0 aliphatic rings. The molecule has 1 heterocycles. The van der Waals surface area contributed by atoms with Gasteiger partial charge in [-0.15, -0.1) is 24.0 Å². The lowest BCUT2D eigenvalue weighted by Crippen LogP contribution is -2.43. The fourth-order valence-electron chi connectivity index (χ4n) is 1.81. The molecule has 24 heavy (non-hydrogen) atoms. The Morgan fingerprint density at radius 1 is 1.33 bits per heavy atom. The number of hydrogen-bond acceptors (Lipinski definition) is 4. The van der Waals surface area contributed by atoms with Gasteiger partial charge in [-0.3, -0.25) is 4.79 Å². The van der Waals surface area contributed by atoms with Crippen molar-refractivity contribution >= 4 is 35.8 Å². The zero-order chi connectivity index (χ0) is 17.5. The molecule has 0 radical (unpaired) electrons. The van der Waals surface area contributed by atoms with Crippen LogP contribution in [-0.2, 0) is 11.3 Å². The molecular formula is C16H30IN5O2. The lowest BCUT2D eigenvalue weighted by Gasteiger charge is -2.20. The molecular weight excluding hydrogens is 421 g/mol. The molecule has 0 aliphatic heterocycles. The van der Waals surface area contributed by atoms with E-state index < -0.39 is 0 Å². The first-order valence-electron chi connectivity index (χ1n) is 8.00. The van der Waals surface area contributed by atoms with Crippen LogP contribution in [0.3, 0.4) is 0 Å². The molecule has 8 heteroatoms. The second-order valence-corrected chi connectivity index (χ2v) is 6.72. The monoisotopic (exact) mass is 451 g/mol. The van der Waals surface area contributed by atoms with E-state index in [9.17, 15) is 4.79 Å². The third kappa shape index (κ3) is 9.09. The minimum Gasteiger partial charge on any atom is -0.359 e. The molecule has 7 nitrogen and oxygen atoms in total. The van der Waals surface area contributed by atoms with Crippen LogP contribution in [0.15, 0.2) is 15.6 Å². The van der Waals surface area contributed by atoms with Gasteiger partial charge in [0.05, 0.1) is 12.2 Å². The number of carbonyl (C=O) groups excluding carboxylic acids is 1. The highest BCUT2D eigenvalue weighted by molar-refractivity contribution is 14.0. The summed E-state index contributed by atoms with van der Waals surface area (Å²) < 4.78 is 5.27. The third-order valence-corrected chi connectivity index (χ3v) is 2.84. The number of aromatic nitrogens is 1. The summed E-state index contributed by atoms with van der Waals surface area (Å²) >= 11 is 0. The fourth-order valence-corrected chi connectivity index (χ4v) is 1.81. The van der Waals surface area contributed by atoms with Gasteiger partial charge < -0.3 is 20.5 Å². The molecule has 0 fully saturated rings. The van der Waals surface area contributed by atoms with Gasteiger partial charge in [0.1, 0.15) is 6.54 Å². The quantitative estimate of drug-likeness (QED) is 0.351. The molecule has 0 saturated heterocycles. The maximum Gasteiger partial charge on any atom is 0.242 e. The molecule has 0 bridgehead atoms. The largest absolute Gasteiger partial charge is 0.359 e. The topological polar surface area (TPSA) is 91.5 Å². The van der Waals surface area contributed by atoms with Crippen LogP contribution in [0.4, 0.5) is 0 Å². The van der Waals surface area contributed by atoms with Gasteiger partial charge in [0, 0.05) is 18.2 Å². The summed E-state index contributed by atoms with van der Waals surface area (Å²) in [6.07, 6.45) is 0. The number of carbonyl (C=O) groups is 1. The van der Waals surface area contributed by atoms with E-state index in [-0.39, 0.29) is 42.0 Å². The fraction of sp³-hybridized carbons (Fsp3) is 0.688. The first kappa shape index (κ1) is 22.7. The van der Waals surface area contributed by atoms with Crippen LogP contribution in [0.2, 0.25) is 0 Å². The summed E-state index contributed by atoms with van der Waals surface area (Å²) in [5, 5.41) is 13.1. The van der Waals surface area contributed by atoms with E-state index in [1.807, 2.05) is 33.8 Å². The van der Waals surface area contributed by atoms with Gasteiger partial charge in [0.15, 0.2) is 11.7 Å². The van der Waals surface area contributed by atoms with Crippen LogP contribution in [0.1, 0.15) is 58.9 Å². The van der Waals surface area contributed by atoms with Crippen molar-refractivity contribution in [3.63, 3.8) is 0 Å². The van der Waals surface area contributed by atoms with Crippen LogP contribution in [-0.4, -0.2) is 35.7 Å². The Morgan fingerprint density at radius 2 is 2.00 bits per heavy atom. The number of halogens is 1. The number of amides is 1. The molecule has 0 spiro atoms. The Bertz CT molecular complexity index is 535. The molecule has 1 aromatic heterocycles. The lowest BCUT2D eigenvalue weighted by molar-refractivity contribution is -0.121. The van der Waals surface area contributed by atoms with E-state index >= 15 is 0 Å². The summed E-state index contributed by atoms with van der Waals surface area (Å²) in [4.78, 5) is 16.1. The summed E-state index contributed by atoms with van der Waals surface area (Å²) in [7, 11) is 0. The Labute approximate surface area is 161 Å².